The van der Waals surface area contributed by atoms with E-state index < -0.39 is 52.6 Å². The quantitative estimate of drug-likeness (QED) is 0.139. The lowest BCUT2D eigenvalue weighted by molar-refractivity contribution is -0.385. The summed E-state index contributed by atoms with van der Waals surface area (Å²) in [5.74, 6) is 0. The number of benzene rings is 2. The van der Waals surface area contributed by atoms with Gasteiger partial charge in [-0.2, -0.15) is 21.6 Å². The molecule has 0 bridgehead atoms. The van der Waals surface area contributed by atoms with Crippen LogP contribution >= 0.6 is 7.60 Å². The van der Waals surface area contributed by atoms with Crippen LogP contribution in [0.4, 0.5) is 24.5 Å². The molecule has 2 aromatic rings. The number of nitro benzene ring substituents is 2. The molecule has 33 heavy (non-hydrogen) atoms. The molecule has 180 valence electrons. The number of hydrogen-bond acceptors (Lipinski definition) is 10. The Kier molecular flexibility index (Phi) is 8.26. The zero-order chi connectivity index (χ0) is 24.9. The Labute approximate surface area is 183 Å². The van der Waals surface area contributed by atoms with E-state index in [9.17, 15) is 46.4 Å². The van der Waals surface area contributed by atoms with E-state index >= 15 is 0 Å². The van der Waals surface area contributed by atoms with Gasteiger partial charge in [-0.25, -0.2) is 0 Å². The second-order valence-electron chi connectivity index (χ2n) is 6.15. The van der Waals surface area contributed by atoms with E-state index in [-0.39, 0.29) is 22.5 Å². The molecule has 0 N–H and O–H groups in total. The molecular weight excluding hydrogens is 500 g/mol. The topological polar surface area (TPSA) is 165 Å². The maximum absolute atomic E-state index is 12.9. The van der Waals surface area contributed by atoms with Crippen molar-refractivity contribution in [2.24, 2.45) is 0 Å². The van der Waals surface area contributed by atoms with Crippen LogP contribution in [0.15, 0.2) is 48.5 Å². The Balaban J connectivity index is 2.16. The molecule has 12 nitrogen and oxygen atoms in total. The fourth-order valence-electron chi connectivity index (χ4n) is 2.09. The molecule has 0 aliphatic heterocycles. The molecule has 0 fully saturated rings. The molecular formula is C16H14F3N2O10PS. The summed E-state index contributed by atoms with van der Waals surface area (Å²) >= 11 is 0. The predicted molar refractivity (Wildman–Crippen MR) is 104 cm³/mol. The fourth-order valence-corrected chi connectivity index (χ4v) is 4.21. The molecule has 0 heterocycles. The average Bonchev–Trinajstić information content (AvgIpc) is 2.75. The lowest BCUT2D eigenvalue weighted by atomic mass is 10.2. The zero-order valence-electron chi connectivity index (χ0n) is 16.2. The molecule has 0 radical (unpaired) electrons. The van der Waals surface area contributed by atoms with Crippen LogP contribution in [0.5, 0.6) is 0 Å². The number of nitro groups is 2. The SMILES string of the molecule is O=[N+]([O-])c1ccc(COP(=O)(COS(=O)(=O)C(F)(F)F)OCc2ccc([N+](=O)[O-])cc2)cc1. The van der Waals surface area contributed by atoms with Crippen molar-refractivity contribution in [3.05, 3.63) is 79.9 Å². The molecule has 0 spiro atoms. The van der Waals surface area contributed by atoms with Gasteiger partial charge in [0.1, 0.15) is 0 Å². The zero-order valence-corrected chi connectivity index (χ0v) is 17.9. The van der Waals surface area contributed by atoms with Gasteiger partial charge in [0.2, 0.25) is 0 Å². The van der Waals surface area contributed by atoms with E-state index in [1.807, 2.05) is 0 Å². The maximum Gasteiger partial charge on any atom is 0.523 e. The van der Waals surface area contributed by atoms with Gasteiger partial charge in [0.15, 0.2) is 6.35 Å². The number of halogens is 3. The molecule has 0 amide bonds. The van der Waals surface area contributed by atoms with Gasteiger partial charge in [-0.3, -0.25) is 29.0 Å². The smallest absolute Gasteiger partial charge is 0.302 e. The second-order valence-corrected chi connectivity index (χ2v) is 9.75. The Hall–Kier alpha value is -2.91. The summed E-state index contributed by atoms with van der Waals surface area (Å²) in [5, 5.41) is 21.3. The lowest BCUT2D eigenvalue weighted by Gasteiger charge is -2.19. The van der Waals surface area contributed by atoms with Crippen LogP contribution in [0.25, 0.3) is 0 Å². The van der Waals surface area contributed by atoms with E-state index in [4.69, 9.17) is 9.05 Å². The largest absolute Gasteiger partial charge is 0.523 e. The fraction of sp³-hybridized carbons (Fsp3) is 0.250. The van der Waals surface area contributed by atoms with Crippen LogP contribution in [0.1, 0.15) is 11.1 Å². The lowest BCUT2D eigenvalue weighted by Crippen LogP contribution is -2.26. The van der Waals surface area contributed by atoms with Gasteiger partial charge in [0, 0.05) is 24.3 Å². The Morgan fingerprint density at radius 2 is 1.18 bits per heavy atom. The van der Waals surface area contributed by atoms with Gasteiger partial charge in [-0.15, -0.1) is 0 Å². The standard InChI is InChI=1S/C16H14F3N2O10PS/c17-16(18,19)33(27,28)31-11-32(26,29-9-12-1-5-14(6-2-12)20(22)23)30-10-13-3-7-15(8-4-13)21(24)25/h1-8H,9-11H2. The minimum Gasteiger partial charge on any atom is -0.302 e. The minimum absolute atomic E-state index is 0.207. The predicted octanol–water partition coefficient (Wildman–Crippen LogP) is 4.25. The summed E-state index contributed by atoms with van der Waals surface area (Å²) < 4.78 is 86.5. The highest BCUT2D eigenvalue weighted by atomic mass is 32.2. The van der Waals surface area contributed by atoms with Crippen LogP contribution < -0.4 is 0 Å². The van der Waals surface area contributed by atoms with E-state index in [1.165, 1.54) is 24.3 Å². The highest BCUT2D eigenvalue weighted by molar-refractivity contribution is 7.87. The average molecular weight is 514 g/mol. The van der Waals surface area contributed by atoms with Crippen LogP contribution in [0, 0.1) is 20.2 Å². The van der Waals surface area contributed by atoms with Crippen molar-refractivity contribution in [2.45, 2.75) is 18.7 Å². The first kappa shape index (κ1) is 26.3. The Morgan fingerprint density at radius 1 is 0.818 bits per heavy atom. The van der Waals surface area contributed by atoms with Crippen LogP contribution in [-0.4, -0.2) is 30.1 Å². The van der Waals surface area contributed by atoms with Crippen molar-refractivity contribution in [2.75, 3.05) is 6.35 Å². The van der Waals surface area contributed by atoms with Crippen LogP contribution in [-0.2, 0) is 41.1 Å². The normalized spacial score (nSPS) is 12.5. The first-order valence-corrected chi connectivity index (χ1v) is 11.7. The number of nitrogens with zero attached hydrogens (tertiary/aromatic N) is 2. The van der Waals surface area contributed by atoms with Crippen molar-refractivity contribution in [1.29, 1.82) is 0 Å². The summed E-state index contributed by atoms with van der Waals surface area (Å²) in [5.41, 5.74) is -5.90. The molecule has 0 aliphatic carbocycles. The summed E-state index contributed by atoms with van der Waals surface area (Å²) in [4.78, 5) is 20.0. The number of alkyl halides is 3. The molecule has 2 rings (SSSR count). The Bertz CT molecular complexity index is 1090. The van der Waals surface area contributed by atoms with Gasteiger partial charge in [0.05, 0.1) is 23.1 Å². The third kappa shape index (κ3) is 7.57. The number of hydrogen-bond donors (Lipinski definition) is 0. The molecule has 0 saturated heterocycles. The van der Waals surface area contributed by atoms with E-state index in [2.05, 4.69) is 4.18 Å². The van der Waals surface area contributed by atoms with Crippen molar-refractivity contribution in [3.8, 4) is 0 Å². The van der Waals surface area contributed by atoms with E-state index in [0.29, 0.717) is 0 Å². The molecule has 0 unspecified atom stereocenters. The number of rotatable bonds is 11. The minimum atomic E-state index is -6.11. The van der Waals surface area contributed by atoms with Gasteiger partial charge < -0.3 is 9.05 Å². The van der Waals surface area contributed by atoms with Crippen molar-refractivity contribution in [1.82, 2.24) is 0 Å². The van der Waals surface area contributed by atoms with Gasteiger partial charge >= 0.3 is 23.2 Å². The van der Waals surface area contributed by atoms with E-state index in [0.717, 1.165) is 24.3 Å². The molecule has 17 heteroatoms. The molecule has 0 aromatic heterocycles. The summed E-state index contributed by atoms with van der Waals surface area (Å²) in [7, 11) is -10.8. The van der Waals surface area contributed by atoms with Crippen molar-refractivity contribution < 1.29 is 49.2 Å². The van der Waals surface area contributed by atoms with Crippen LogP contribution in [0.2, 0.25) is 0 Å². The van der Waals surface area contributed by atoms with Crippen LogP contribution in [0.3, 0.4) is 0 Å². The van der Waals surface area contributed by atoms with E-state index in [1.54, 1.807) is 0 Å². The van der Waals surface area contributed by atoms with Crippen molar-refractivity contribution in [3.63, 3.8) is 0 Å². The third-order valence-corrected chi connectivity index (χ3v) is 6.46. The van der Waals surface area contributed by atoms with Gasteiger partial charge in [-0.05, 0) is 35.4 Å². The van der Waals surface area contributed by atoms with Gasteiger partial charge in [-0.1, -0.05) is 0 Å². The van der Waals surface area contributed by atoms with Gasteiger partial charge in [0.25, 0.3) is 11.4 Å². The second kappa shape index (κ2) is 10.4. The molecule has 0 atom stereocenters. The Morgan fingerprint density at radius 3 is 1.48 bits per heavy atom. The highest BCUT2D eigenvalue weighted by Crippen LogP contribution is 2.50. The molecule has 0 saturated carbocycles. The maximum atomic E-state index is 12.9. The first-order valence-electron chi connectivity index (χ1n) is 8.53. The summed E-state index contributed by atoms with van der Waals surface area (Å²) in [6.07, 6.45) is -1.62. The number of non-ortho nitro benzene ring substituents is 2. The first-order chi connectivity index (χ1) is 15.2. The van der Waals surface area contributed by atoms with Crippen molar-refractivity contribution >= 4 is 29.1 Å². The third-order valence-electron chi connectivity index (χ3n) is 3.80. The monoisotopic (exact) mass is 514 g/mol. The summed E-state index contributed by atoms with van der Waals surface area (Å²) in [6, 6.07) is 9.21. The molecule has 0 aliphatic rings. The highest BCUT2D eigenvalue weighted by Gasteiger charge is 2.48. The summed E-state index contributed by atoms with van der Waals surface area (Å²) in [6.45, 7) is -1.16. The molecule has 2 aromatic carbocycles.